The molecule has 0 spiro atoms. The molecule has 3 aromatic carbocycles. The normalized spacial score (nSPS) is 13.4. The minimum Gasteiger partial charge on any atom is -0.476 e. The second-order valence-corrected chi connectivity index (χ2v) is 12.7. The quantitative estimate of drug-likeness (QED) is 0.208. The van der Waals surface area contributed by atoms with Crippen LogP contribution in [0, 0.1) is 23.4 Å². The molecule has 3 N–H and O–H groups in total. The van der Waals surface area contributed by atoms with Gasteiger partial charge in [0.2, 0.25) is 15.2 Å². The van der Waals surface area contributed by atoms with Gasteiger partial charge in [-0.05, 0) is 78.8 Å². The molecule has 0 atom stereocenters. The molecule has 0 radical (unpaired) electrons. The average molecular weight is 625 g/mol. The second kappa shape index (κ2) is 11.1. The van der Waals surface area contributed by atoms with Crippen molar-refractivity contribution in [3.8, 4) is 27.5 Å². The Balaban J connectivity index is 1.57. The number of aromatic nitrogens is 3. The van der Waals surface area contributed by atoms with Crippen LogP contribution < -0.4 is 5.14 Å². The molecular weight excluding hydrogens is 601 g/mol. The Labute approximate surface area is 248 Å². The minimum absolute atomic E-state index is 0.114. The summed E-state index contributed by atoms with van der Waals surface area (Å²) in [6, 6.07) is 13.5. The van der Waals surface area contributed by atoms with Gasteiger partial charge in [-0.3, -0.25) is 0 Å². The first-order valence-electron chi connectivity index (χ1n) is 13.1. The fourth-order valence-corrected chi connectivity index (χ4v) is 6.32. The summed E-state index contributed by atoms with van der Waals surface area (Å²) in [4.78, 5) is 15.2. The molecule has 0 saturated heterocycles. The van der Waals surface area contributed by atoms with Crippen molar-refractivity contribution >= 4 is 27.3 Å². The number of primary sulfonamides is 1. The second-order valence-electron chi connectivity index (χ2n) is 10.3. The lowest BCUT2D eigenvalue weighted by Crippen LogP contribution is -2.14. The van der Waals surface area contributed by atoms with Gasteiger partial charge >= 0.3 is 5.97 Å². The molecule has 5 aromatic rings. The van der Waals surface area contributed by atoms with Crippen LogP contribution in [0.4, 0.5) is 13.2 Å². The molecule has 0 aliphatic heterocycles. The van der Waals surface area contributed by atoms with E-state index in [2.05, 4.69) is 4.98 Å². The summed E-state index contributed by atoms with van der Waals surface area (Å²) >= 11 is 1.06. The van der Waals surface area contributed by atoms with Gasteiger partial charge in [-0.2, -0.15) is 5.10 Å². The van der Waals surface area contributed by atoms with Gasteiger partial charge in [-0.25, -0.2) is 41.2 Å². The van der Waals surface area contributed by atoms with E-state index in [9.17, 15) is 27.1 Å². The van der Waals surface area contributed by atoms with Crippen molar-refractivity contribution in [3.05, 3.63) is 106 Å². The zero-order chi connectivity index (χ0) is 30.5. The highest BCUT2D eigenvalue weighted by Crippen LogP contribution is 2.39. The number of halogens is 3. The number of aromatic carboxylic acids is 1. The van der Waals surface area contributed by atoms with Gasteiger partial charge in [0.25, 0.3) is 0 Å². The first kappa shape index (κ1) is 28.8. The number of carboxylic acid groups (broad SMARTS) is 1. The maximum Gasteiger partial charge on any atom is 0.355 e. The van der Waals surface area contributed by atoms with E-state index >= 15 is 4.39 Å². The number of benzene rings is 3. The maximum absolute atomic E-state index is 15.1. The monoisotopic (exact) mass is 624 g/mol. The smallest absolute Gasteiger partial charge is 0.355 e. The van der Waals surface area contributed by atoms with Gasteiger partial charge in [0.1, 0.15) is 22.3 Å². The summed E-state index contributed by atoms with van der Waals surface area (Å²) in [5.74, 6) is -2.95. The largest absolute Gasteiger partial charge is 0.476 e. The number of hydrogen-bond acceptors (Lipinski definition) is 6. The molecule has 1 aliphatic carbocycles. The summed E-state index contributed by atoms with van der Waals surface area (Å²) in [5, 5.41) is 21.1. The van der Waals surface area contributed by atoms with E-state index in [1.165, 1.54) is 46.5 Å². The lowest BCUT2D eigenvalue weighted by atomic mass is 9.94. The fraction of sp³-hybridized carbons (Fsp3) is 0.167. The zero-order valence-corrected chi connectivity index (χ0v) is 23.9. The van der Waals surface area contributed by atoms with Crippen molar-refractivity contribution in [2.75, 3.05) is 0 Å². The number of rotatable bonds is 9. The first-order chi connectivity index (χ1) is 20.5. The molecule has 1 fully saturated rings. The summed E-state index contributed by atoms with van der Waals surface area (Å²) in [7, 11) is -4.27. The number of nitrogens with zero attached hydrogens (tertiary/aromatic N) is 3. The molecule has 43 heavy (non-hydrogen) atoms. The predicted molar refractivity (Wildman–Crippen MR) is 154 cm³/mol. The maximum atomic E-state index is 15.1. The molecule has 6 rings (SSSR count). The fourth-order valence-electron chi connectivity index (χ4n) is 4.97. The Hall–Kier alpha value is -4.33. The van der Waals surface area contributed by atoms with E-state index in [4.69, 9.17) is 10.2 Å². The van der Waals surface area contributed by atoms with Crippen LogP contribution in [-0.2, 0) is 22.9 Å². The zero-order valence-electron chi connectivity index (χ0n) is 22.3. The van der Waals surface area contributed by atoms with E-state index in [0.29, 0.717) is 46.0 Å². The number of thiazole rings is 1. The Bertz CT molecular complexity index is 2000. The predicted octanol–water partition coefficient (Wildman–Crippen LogP) is 5.97. The van der Waals surface area contributed by atoms with Gasteiger partial charge in [-0.15, -0.1) is 11.3 Å². The van der Waals surface area contributed by atoms with Gasteiger partial charge in [0.15, 0.2) is 5.69 Å². The molecule has 0 bridgehead atoms. The van der Waals surface area contributed by atoms with Crippen LogP contribution >= 0.6 is 11.3 Å². The molecule has 220 valence electrons. The topological polar surface area (TPSA) is 128 Å². The molecule has 1 aliphatic rings. The van der Waals surface area contributed by atoms with Crippen molar-refractivity contribution < 1.29 is 31.5 Å². The van der Waals surface area contributed by atoms with Crippen LogP contribution in [0.5, 0.6) is 0 Å². The summed E-state index contributed by atoms with van der Waals surface area (Å²) < 4.78 is 69.1. The number of carbonyl (C=O) groups is 1. The van der Waals surface area contributed by atoms with Gasteiger partial charge < -0.3 is 5.11 Å². The minimum atomic E-state index is -4.27. The van der Waals surface area contributed by atoms with Gasteiger partial charge in [0.05, 0.1) is 11.4 Å². The highest BCUT2D eigenvalue weighted by molar-refractivity contribution is 7.89. The number of nitrogens with two attached hydrogens (primary N) is 1. The highest BCUT2D eigenvalue weighted by atomic mass is 32.2. The Morgan fingerprint density at radius 3 is 2.47 bits per heavy atom. The lowest BCUT2D eigenvalue weighted by Gasteiger charge is -2.12. The van der Waals surface area contributed by atoms with Crippen LogP contribution in [0.1, 0.15) is 40.2 Å². The molecule has 1 saturated carbocycles. The SMILES string of the molecule is NS(=O)(=O)c1ccc(Cc2c(CC3CC3)nn(-c3nc(C(=O)O)cs3)c2-c2ccc(F)c(-c3cccc(F)c3)c2)cc1F. The van der Waals surface area contributed by atoms with E-state index in [1.54, 1.807) is 12.1 Å². The van der Waals surface area contributed by atoms with Crippen molar-refractivity contribution in [2.45, 2.75) is 30.6 Å². The molecule has 13 heteroatoms. The van der Waals surface area contributed by atoms with Crippen molar-refractivity contribution in [1.82, 2.24) is 14.8 Å². The third kappa shape index (κ3) is 5.96. The molecule has 2 aromatic heterocycles. The van der Waals surface area contributed by atoms with Gasteiger partial charge in [-0.1, -0.05) is 18.2 Å². The Morgan fingerprint density at radius 1 is 1.02 bits per heavy atom. The third-order valence-electron chi connectivity index (χ3n) is 7.20. The van der Waals surface area contributed by atoms with Crippen LogP contribution in [0.2, 0.25) is 0 Å². The number of sulfonamides is 1. The number of hydrogen-bond donors (Lipinski definition) is 2. The highest BCUT2D eigenvalue weighted by Gasteiger charge is 2.29. The summed E-state index contributed by atoms with van der Waals surface area (Å²) in [6.45, 7) is 0. The molecule has 8 nitrogen and oxygen atoms in total. The van der Waals surface area contributed by atoms with E-state index in [-0.39, 0.29) is 22.8 Å². The third-order valence-corrected chi connectivity index (χ3v) is 8.96. The van der Waals surface area contributed by atoms with Crippen LogP contribution in [0.15, 0.2) is 70.9 Å². The molecule has 2 heterocycles. The summed E-state index contributed by atoms with van der Waals surface area (Å²) in [6.07, 6.45) is 2.70. The van der Waals surface area contributed by atoms with Crippen molar-refractivity contribution in [1.29, 1.82) is 0 Å². The molecular formula is C30H23F3N4O4S2. The lowest BCUT2D eigenvalue weighted by molar-refractivity contribution is 0.0691. The average Bonchev–Trinajstić information content (AvgIpc) is 3.49. The number of carboxylic acids is 1. The van der Waals surface area contributed by atoms with Crippen molar-refractivity contribution in [2.24, 2.45) is 11.1 Å². The van der Waals surface area contributed by atoms with E-state index in [1.807, 2.05) is 0 Å². The van der Waals surface area contributed by atoms with Crippen LogP contribution in [-0.4, -0.2) is 34.3 Å². The first-order valence-corrected chi connectivity index (χ1v) is 15.6. The molecule has 0 unspecified atom stereocenters. The summed E-state index contributed by atoms with van der Waals surface area (Å²) in [5.41, 5.74) is 2.97. The van der Waals surface area contributed by atoms with E-state index < -0.39 is 38.3 Å². The standard InChI is InChI=1S/C30H23F3N4O4S2/c31-20-3-1-2-18(13-20)21-14-19(7-8-23(21)32)28-22(10-17-6-9-27(24(33)11-17)43(34,40)41)25(12-16-4-5-16)36-37(28)30-35-26(15-42-30)29(38)39/h1-3,6-9,11,13-16H,4-5,10,12H2,(H,38,39)(H2,34,40,41). The molecule has 0 amide bonds. The van der Waals surface area contributed by atoms with Crippen molar-refractivity contribution in [3.63, 3.8) is 0 Å². The Kier molecular flexibility index (Phi) is 7.40. The van der Waals surface area contributed by atoms with Crippen LogP contribution in [0.25, 0.3) is 27.5 Å². The van der Waals surface area contributed by atoms with E-state index in [0.717, 1.165) is 36.3 Å². The van der Waals surface area contributed by atoms with Crippen LogP contribution in [0.3, 0.4) is 0 Å². The Morgan fingerprint density at radius 2 is 1.81 bits per heavy atom. The van der Waals surface area contributed by atoms with Gasteiger partial charge in [0, 0.05) is 28.5 Å².